The maximum absolute atomic E-state index is 13.7. The Bertz CT molecular complexity index is 2770. The number of carbonyl (C=O) groups excluding carboxylic acids is 7. The van der Waals surface area contributed by atoms with Gasteiger partial charge in [0.05, 0.1) is 248 Å². The Kier molecular flexibility index (Phi) is 51.0. The molecule has 3 rings (SSSR count). The molecule has 104 heavy (non-hydrogen) atoms. The van der Waals surface area contributed by atoms with E-state index in [1.54, 1.807) is 59.9 Å². The van der Waals surface area contributed by atoms with Crippen molar-refractivity contribution in [1.82, 2.24) is 20.4 Å². The van der Waals surface area contributed by atoms with E-state index in [4.69, 9.17) is 94.6 Å². The highest BCUT2D eigenvalue weighted by Crippen LogP contribution is 2.27. The van der Waals surface area contributed by atoms with Crippen LogP contribution < -0.4 is 16.0 Å². The van der Waals surface area contributed by atoms with E-state index in [9.17, 15) is 42.0 Å². The Labute approximate surface area is 611 Å². The van der Waals surface area contributed by atoms with Gasteiger partial charge in [-0.2, -0.15) is 8.42 Å². The number of hydrogen-bond donors (Lipinski definition) is 4. The van der Waals surface area contributed by atoms with E-state index in [1.807, 2.05) is 0 Å². The van der Waals surface area contributed by atoms with Crippen LogP contribution in [-0.4, -0.2) is 339 Å². The Morgan fingerprint density at radius 2 is 0.942 bits per heavy atom. The van der Waals surface area contributed by atoms with Crippen LogP contribution in [0.25, 0.3) is 0 Å². The number of rotatable bonds is 65. The molecule has 0 aromatic heterocycles. The summed E-state index contributed by atoms with van der Waals surface area (Å²) in [6.45, 7) is 22.7. The van der Waals surface area contributed by atoms with E-state index in [0.717, 1.165) is 22.0 Å². The standard InChI is InChI=1S/C69H113N5O29S/c1-54(2)64(72-61(75)51-73-59(53-102-47-48-104(82,83)84)50-60(67(73)80)74-62(76)12-13-63(74)77)66(79)70-55(3)65(78)71-58-11-10-57(52-103-68(81)69(4,5)6)56(49-58)9-8-14-86-17-18-88-21-22-90-25-26-92-29-30-94-33-34-96-37-38-98-41-42-100-45-46-101-44-43-99-40-39-97-36-35-95-32-31-93-28-27-91-24-23-89-20-19-87-16-15-85-7/h10-13,49,54-55,59-60,64H,14-48,50-53H2,1-7H3,(H,70,79)(H,71,78)(H,72,75)(H,82,83,84)/t55-,59-,60-,64-/m0/s1. The molecule has 2 aliphatic rings. The maximum atomic E-state index is 13.7. The summed E-state index contributed by atoms with van der Waals surface area (Å²) in [7, 11) is -2.74. The summed E-state index contributed by atoms with van der Waals surface area (Å²) in [5.41, 5.74) is 0.505. The average Bonchev–Trinajstić information content (AvgIpc) is 1.63. The number of ether oxygens (including phenoxy) is 19. The third-order valence-electron chi connectivity index (χ3n) is 14.5. The summed E-state index contributed by atoms with van der Waals surface area (Å²) in [5, 5.41) is 7.97. The Morgan fingerprint density at radius 1 is 0.548 bits per heavy atom. The van der Waals surface area contributed by atoms with Crippen molar-refractivity contribution in [3.05, 3.63) is 41.5 Å². The van der Waals surface area contributed by atoms with Crippen LogP contribution in [0.15, 0.2) is 30.4 Å². The van der Waals surface area contributed by atoms with Crippen molar-refractivity contribution < 1.29 is 137 Å². The lowest BCUT2D eigenvalue weighted by Gasteiger charge is -2.27. The number of imide groups is 1. The second-order valence-electron chi connectivity index (χ2n) is 24.4. The van der Waals surface area contributed by atoms with Gasteiger partial charge in [-0.05, 0) is 45.7 Å². The summed E-state index contributed by atoms with van der Waals surface area (Å²) in [6, 6.07) is 0.262. The van der Waals surface area contributed by atoms with Crippen molar-refractivity contribution in [2.24, 2.45) is 11.3 Å². The molecule has 2 heterocycles. The zero-order chi connectivity index (χ0) is 75.9. The molecule has 1 aromatic carbocycles. The predicted octanol–water partition coefficient (Wildman–Crippen LogP) is 0.422. The summed E-state index contributed by atoms with van der Waals surface area (Å²) in [5.74, 6) is -0.121. The molecule has 0 aliphatic carbocycles. The van der Waals surface area contributed by atoms with Gasteiger partial charge >= 0.3 is 5.97 Å². The fourth-order valence-electron chi connectivity index (χ4n) is 9.02. The fourth-order valence-corrected chi connectivity index (χ4v) is 9.35. The molecule has 2 aliphatic heterocycles. The van der Waals surface area contributed by atoms with Gasteiger partial charge in [0.25, 0.3) is 21.9 Å². The minimum Gasteiger partial charge on any atom is -0.460 e. The number of nitrogens with one attached hydrogen (secondary N) is 3. The van der Waals surface area contributed by atoms with Gasteiger partial charge in [-0.25, -0.2) is 0 Å². The number of hydrogen-bond acceptors (Lipinski definition) is 28. The zero-order valence-corrected chi connectivity index (χ0v) is 62.3. The minimum atomic E-state index is -4.37. The number of amides is 6. The first-order valence-electron chi connectivity index (χ1n) is 34.9. The number of esters is 1. The Hall–Kier alpha value is -5.80. The molecule has 1 aromatic rings. The van der Waals surface area contributed by atoms with Crippen LogP contribution in [0.3, 0.4) is 0 Å². The summed E-state index contributed by atoms with van der Waals surface area (Å²) in [4.78, 5) is 93.9. The molecule has 0 unspecified atom stereocenters. The first kappa shape index (κ1) is 92.4. The number of benzene rings is 1. The molecule has 1 fully saturated rings. The molecule has 594 valence electrons. The summed E-state index contributed by atoms with van der Waals surface area (Å²) >= 11 is 0. The second-order valence-corrected chi connectivity index (χ2v) is 25.9. The highest BCUT2D eigenvalue weighted by atomic mass is 32.2. The van der Waals surface area contributed by atoms with Gasteiger partial charge in [0, 0.05) is 42.5 Å². The van der Waals surface area contributed by atoms with E-state index in [1.165, 1.54) is 6.92 Å². The van der Waals surface area contributed by atoms with Crippen molar-refractivity contribution >= 4 is 57.2 Å². The van der Waals surface area contributed by atoms with Crippen LogP contribution in [0.1, 0.15) is 59.1 Å². The molecular weight excluding hydrogens is 1390 g/mol. The quantitative estimate of drug-likeness (QED) is 0.0226. The molecule has 35 heteroatoms. The van der Waals surface area contributed by atoms with E-state index in [-0.39, 0.29) is 39.5 Å². The van der Waals surface area contributed by atoms with Gasteiger partial charge in [0.1, 0.15) is 31.3 Å². The van der Waals surface area contributed by atoms with Crippen molar-refractivity contribution in [1.29, 1.82) is 0 Å². The van der Waals surface area contributed by atoms with E-state index >= 15 is 0 Å². The number of likely N-dealkylation sites (tertiary alicyclic amines) is 1. The van der Waals surface area contributed by atoms with Crippen LogP contribution in [0.5, 0.6) is 0 Å². The molecule has 0 bridgehead atoms. The molecule has 4 N–H and O–H groups in total. The van der Waals surface area contributed by atoms with Crippen LogP contribution >= 0.6 is 0 Å². The SMILES string of the molecule is COCCOCCOCCOCCOCCOCCOCCOCCOCCOCCOCCOCCOCCOCCOCCOCCOCC#Cc1cc(NC(=O)[C@H](C)NC(=O)[C@@H](NC(=O)CN2C(=O)[C@@H](N3C(=O)C=CC3=O)C[C@H]2COCCS(=O)(=O)O)C(C)C)ccc1COC(=O)C(C)(C)C. The number of anilines is 1. The Morgan fingerprint density at radius 3 is 1.32 bits per heavy atom. The summed E-state index contributed by atoms with van der Waals surface area (Å²) in [6.07, 6.45) is 1.87. The second kappa shape index (κ2) is 57.4. The minimum absolute atomic E-state index is 0.0227. The first-order chi connectivity index (χ1) is 50.1. The molecule has 1 saturated heterocycles. The molecule has 6 amide bonds. The summed E-state index contributed by atoms with van der Waals surface area (Å²) < 4.78 is 136. The molecule has 4 atom stereocenters. The fraction of sp³-hybridized carbons (Fsp3) is 0.754. The van der Waals surface area contributed by atoms with Gasteiger partial charge in [-0.3, -0.25) is 43.0 Å². The highest BCUT2D eigenvalue weighted by molar-refractivity contribution is 7.85. The van der Waals surface area contributed by atoms with Crippen molar-refractivity contribution in [3.8, 4) is 11.8 Å². The molecular formula is C69H113N5O29S. The highest BCUT2D eigenvalue weighted by Gasteiger charge is 2.47. The van der Waals surface area contributed by atoms with E-state index < -0.39 is 106 Å². The predicted molar refractivity (Wildman–Crippen MR) is 373 cm³/mol. The first-order valence-corrected chi connectivity index (χ1v) is 36.5. The van der Waals surface area contributed by atoms with Gasteiger partial charge in [0.15, 0.2) is 0 Å². The molecule has 0 saturated carbocycles. The molecule has 0 spiro atoms. The average molecular weight is 1510 g/mol. The number of carbonyl (C=O) groups is 7. The van der Waals surface area contributed by atoms with Crippen LogP contribution in [0.2, 0.25) is 0 Å². The van der Waals surface area contributed by atoms with E-state index in [2.05, 4.69) is 27.8 Å². The van der Waals surface area contributed by atoms with Crippen molar-refractivity contribution in [2.45, 2.75) is 78.7 Å². The molecule has 34 nitrogen and oxygen atoms in total. The number of methoxy groups -OCH3 is 1. The lowest BCUT2D eigenvalue weighted by Crippen LogP contribution is -2.56. The van der Waals surface area contributed by atoms with Gasteiger partial charge in [0.2, 0.25) is 23.6 Å². The van der Waals surface area contributed by atoms with Crippen LogP contribution in [-0.2, 0) is 140 Å². The van der Waals surface area contributed by atoms with Crippen LogP contribution in [0.4, 0.5) is 5.69 Å². The number of nitrogens with zero attached hydrogens (tertiary/aromatic N) is 2. The third kappa shape index (κ3) is 44.4. The van der Waals surface area contributed by atoms with Gasteiger partial charge < -0.3 is 111 Å². The Balaban J connectivity index is 1.17. The van der Waals surface area contributed by atoms with Crippen LogP contribution in [0, 0.1) is 23.2 Å². The smallest absolute Gasteiger partial charge is 0.311 e. The van der Waals surface area contributed by atoms with Gasteiger partial charge in [-0.15, -0.1) is 0 Å². The maximum Gasteiger partial charge on any atom is 0.311 e. The van der Waals surface area contributed by atoms with E-state index in [0.29, 0.717) is 215 Å². The third-order valence-corrected chi connectivity index (χ3v) is 15.2. The lowest BCUT2D eigenvalue weighted by atomic mass is 9.97. The topological polar surface area (TPSA) is 392 Å². The molecule has 0 radical (unpaired) electrons. The normalized spacial score (nSPS) is 15.3. The van der Waals surface area contributed by atoms with Crippen molar-refractivity contribution in [2.75, 3.05) is 256 Å². The largest absolute Gasteiger partial charge is 0.460 e. The monoisotopic (exact) mass is 1510 g/mol. The van der Waals surface area contributed by atoms with Crippen molar-refractivity contribution in [3.63, 3.8) is 0 Å². The van der Waals surface area contributed by atoms with Gasteiger partial charge in [-0.1, -0.05) is 31.8 Å². The lowest BCUT2D eigenvalue weighted by molar-refractivity contribution is -0.154. The zero-order valence-electron chi connectivity index (χ0n) is 61.5.